The van der Waals surface area contributed by atoms with Crippen LogP contribution in [0.2, 0.25) is 0 Å². The molecule has 1 aromatic rings. The van der Waals surface area contributed by atoms with Crippen molar-refractivity contribution in [1.29, 1.82) is 0 Å². The topological polar surface area (TPSA) is 87.1 Å². The third-order valence-electron chi connectivity index (χ3n) is 4.38. The lowest BCUT2D eigenvalue weighted by Gasteiger charge is -2.24. The van der Waals surface area contributed by atoms with Crippen molar-refractivity contribution in [1.82, 2.24) is 15.5 Å². The number of aliphatic hydroxyl groups is 1. The number of anilines is 1. The Morgan fingerprint density at radius 1 is 1.22 bits per heavy atom. The Morgan fingerprint density at radius 2 is 1.96 bits per heavy atom. The van der Waals surface area contributed by atoms with Crippen molar-refractivity contribution in [3.8, 4) is 0 Å². The zero-order chi connectivity index (χ0) is 16.9. The van der Waals surface area contributed by atoms with Gasteiger partial charge in [-0.2, -0.15) is 5.10 Å². The van der Waals surface area contributed by atoms with Crippen LogP contribution in [0.4, 0.5) is 10.6 Å². The normalized spacial score (nSPS) is 22.3. The van der Waals surface area contributed by atoms with E-state index in [1.807, 2.05) is 6.07 Å². The number of rotatable bonds is 3. The monoisotopic (exact) mass is 320 g/mol. The van der Waals surface area contributed by atoms with Crippen molar-refractivity contribution in [2.45, 2.75) is 64.3 Å². The summed E-state index contributed by atoms with van der Waals surface area (Å²) in [6.45, 7) is 6.32. The third-order valence-corrected chi connectivity index (χ3v) is 4.38. The second-order valence-corrected chi connectivity index (χ2v) is 7.34. The van der Waals surface area contributed by atoms with E-state index in [1.165, 1.54) is 0 Å². The molecule has 0 spiro atoms. The van der Waals surface area contributed by atoms with Crippen LogP contribution in [0.25, 0.3) is 0 Å². The molecule has 2 unspecified atom stereocenters. The number of hydrogen-bond acceptors (Lipinski definition) is 4. The Morgan fingerprint density at radius 3 is 2.57 bits per heavy atom. The quantitative estimate of drug-likeness (QED) is 0.747. The maximum Gasteiger partial charge on any atom is 0.320 e. The van der Waals surface area contributed by atoms with Crippen LogP contribution in [0.15, 0.2) is 12.1 Å². The fourth-order valence-corrected chi connectivity index (χ4v) is 2.91. The van der Waals surface area contributed by atoms with Crippen LogP contribution in [-0.2, 0) is 5.41 Å². The fourth-order valence-electron chi connectivity index (χ4n) is 2.91. The lowest BCUT2D eigenvalue weighted by Crippen LogP contribution is -2.43. The molecule has 1 aromatic heterocycles. The molecule has 23 heavy (non-hydrogen) atoms. The fraction of sp³-hybridized carbons (Fsp3) is 0.706. The molecule has 2 rings (SSSR count). The van der Waals surface area contributed by atoms with Crippen LogP contribution in [0.1, 0.15) is 58.6 Å². The van der Waals surface area contributed by atoms with Crippen molar-refractivity contribution in [3.05, 3.63) is 17.8 Å². The number of nitrogens with one attached hydrogen (secondary N) is 2. The Bertz CT molecular complexity index is 510. The average molecular weight is 320 g/mol. The van der Waals surface area contributed by atoms with Gasteiger partial charge in [-0.1, -0.05) is 40.0 Å². The van der Waals surface area contributed by atoms with E-state index in [0.717, 1.165) is 37.8 Å². The van der Waals surface area contributed by atoms with E-state index >= 15 is 0 Å². The number of urea groups is 1. The summed E-state index contributed by atoms with van der Waals surface area (Å²) in [5.41, 5.74) is 0.815. The van der Waals surface area contributed by atoms with Gasteiger partial charge in [-0.05, 0) is 25.0 Å². The van der Waals surface area contributed by atoms with Gasteiger partial charge in [0.2, 0.25) is 0 Å². The highest BCUT2D eigenvalue weighted by atomic mass is 16.3. The number of nitrogens with zero attached hydrogens (tertiary/aromatic N) is 2. The first-order chi connectivity index (χ1) is 10.9. The standard InChI is InChI=1S/C17H28N4O2/c1-17(2,3)14-9-10-15(21-20-14)19-16(23)18-13-8-6-4-5-7-12(13)11-22/h9-10,12-13,22H,4-8,11H2,1-3H3,(H2,18,19,21,23). The summed E-state index contributed by atoms with van der Waals surface area (Å²) in [4.78, 5) is 12.2. The summed E-state index contributed by atoms with van der Waals surface area (Å²) in [6, 6.07) is 3.38. The third kappa shape index (κ3) is 5.16. The highest BCUT2D eigenvalue weighted by Crippen LogP contribution is 2.23. The van der Waals surface area contributed by atoms with Crippen LogP contribution in [0, 0.1) is 5.92 Å². The first kappa shape index (κ1) is 17.7. The molecule has 1 fully saturated rings. The van der Waals surface area contributed by atoms with Gasteiger partial charge in [0.1, 0.15) is 0 Å². The molecule has 3 N–H and O–H groups in total. The zero-order valence-corrected chi connectivity index (χ0v) is 14.3. The number of carbonyl (C=O) groups excluding carboxylic acids is 1. The van der Waals surface area contributed by atoms with Crippen LogP contribution in [0.3, 0.4) is 0 Å². The molecular weight excluding hydrogens is 292 g/mol. The van der Waals surface area contributed by atoms with E-state index < -0.39 is 0 Å². The molecular formula is C17H28N4O2. The molecule has 1 saturated carbocycles. The predicted molar refractivity (Wildman–Crippen MR) is 90.3 cm³/mol. The first-order valence-corrected chi connectivity index (χ1v) is 8.43. The minimum absolute atomic E-state index is 0.0179. The minimum atomic E-state index is -0.284. The van der Waals surface area contributed by atoms with E-state index in [0.29, 0.717) is 5.82 Å². The van der Waals surface area contributed by atoms with Crippen molar-refractivity contribution >= 4 is 11.8 Å². The van der Waals surface area contributed by atoms with Crippen molar-refractivity contribution in [2.75, 3.05) is 11.9 Å². The van der Waals surface area contributed by atoms with Crippen LogP contribution in [-0.4, -0.2) is 34.0 Å². The van der Waals surface area contributed by atoms with E-state index in [2.05, 4.69) is 41.6 Å². The Kier molecular flexibility index (Phi) is 5.93. The Hall–Kier alpha value is -1.69. The second kappa shape index (κ2) is 7.73. The van der Waals surface area contributed by atoms with Gasteiger partial charge in [-0.3, -0.25) is 5.32 Å². The molecule has 1 aliphatic carbocycles. The molecule has 0 bridgehead atoms. The van der Waals surface area contributed by atoms with Crippen LogP contribution >= 0.6 is 0 Å². The van der Waals surface area contributed by atoms with E-state index in [4.69, 9.17) is 0 Å². The summed E-state index contributed by atoms with van der Waals surface area (Å²) >= 11 is 0. The molecule has 0 aliphatic heterocycles. The zero-order valence-electron chi connectivity index (χ0n) is 14.3. The van der Waals surface area contributed by atoms with Crippen molar-refractivity contribution in [3.63, 3.8) is 0 Å². The van der Waals surface area contributed by atoms with Crippen LogP contribution in [0.5, 0.6) is 0 Å². The van der Waals surface area contributed by atoms with E-state index in [9.17, 15) is 9.90 Å². The van der Waals surface area contributed by atoms with Crippen molar-refractivity contribution in [2.24, 2.45) is 5.92 Å². The number of carbonyl (C=O) groups is 1. The van der Waals surface area contributed by atoms with Gasteiger partial charge in [0, 0.05) is 24.0 Å². The summed E-state index contributed by atoms with van der Waals surface area (Å²) in [5.74, 6) is 0.572. The van der Waals surface area contributed by atoms with E-state index in [1.54, 1.807) is 6.07 Å². The number of aliphatic hydroxyl groups excluding tert-OH is 1. The Labute approximate surface area is 138 Å². The molecule has 6 nitrogen and oxygen atoms in total. The largest absolute Gasteiger partial charge is 0.396 e. The summed E-state index contributed by atoms with van der Waals surface area (Å²) in [7, 11) is 0. The second-order valence-electron chi connectivity index (χ2n) is 7.34. The molecule has 2 atom stereocenters. The SMILES string of the molecule is CC(C)(C)c1ccc(NC(=O)NC2CCCCCC2CO)nn1. The highest BCUT2D eigenvalue weighted by Gasteiger charge is 2.24. The summed E-state index contributed by atoms with van der Waals surface area (Å²) < 4.78 is 0. The number of aromatic nitrogens is 2. The van der Waals surface area contributed by atoms with Crippen LogP contribution < -0.4 is 10.6 Å². The highest BCUT2D eigenvalue weighted by molar-refractivity contribution is 5.88. The molecule has 0 saturated heterocycles. The predicted octanol–water partition coefficient (Wildman–Crippen LogP) is 2.84. The molecule has 0 radical (unpaired) electrons. The van der Waals surface area contributed by atoms with Gasteiger partial charge in [0.25, 0.3) is 0 Å². The lowest BCUT2D eigenvalue weighted by atomic mass is 9.92. The van der Waals surface area contributed by atoms with Gasteiger partial charge >= 0.3 is 6.03 Å². The number of amides is 2. The van der Waals surface area contributed by atoms with Gasteiger partial charge in [0.05, 0.1) is 5.69 Å². The summed E-state index contributed by atoms with van der Waals surface area (Å²) in [5, 5.41) is 23.4. The molecule has 0 aromatic carbocycles. The summed E-state index contributed by atoms with van der Waals surface area (Å²) in [6.07, 6.45) is 5.23. The maximum absolute atomic E-state index is 12.2. The Balaban J connectivity index is 1.93. The van der Waals surface area contributed by atoms with Gasteiger partial charge < -0.3 is 10.4 Å². The minimum Gasteiger partial charge on any atom is -0.396 e. The van der Waals surface area contributed by atoms with Crippen molar-refractivity contribution < 1.29 is 9.90 Å². The lowest BCUT2D eigenvalue weighted by molar-refractivity contribution is 0.182. The smallest absolute Gasteiger partial charge is 0.320 e. The van der Waals surface area contributed by atoms with Gasteiger partial charge in [0.15, 0.2) is 5.82 Å². The molecule has 1 heterocycles. The number of hydrogen-bond donors (Lipinski definition) is 3. The first-order valence-electron chi connectivity index (χ1n) is 8.43. The molecule has 1 aliphatic rings. The van der Waals surface area contributed by atoms with Gasteiger partial charge in [-0.25, -0.2) is 4.79 Å². The average Bonchev–Trinajstić information content (AvgIpc) is 2.71. The molecule has 128 valence electrons. The van der Waals surface area contributed by atoms with E-state index in [-0.39, 0.29) is 30.0 Å². The maximum atomic E-state index is 12.2. The van der Waals surface area contributed by atoms with Gasteiger partial charge in [-0.15, -0.1) is 5.10 Å². The molecule has 2 amide bonds. The molecule has 6 heteroatoms.